The van der Waals surface area contributed by atoms with E-state index in [4.69, 9.17) is 5.73 Å². The van der Waals surface area contributed by atoms with E-state index in [-0.39, 0.29) is 10.7 Å². The van der Waals surface area contributed by atoms with Crippen LogP contribution in [0.4, 0.5) is 5.82 Å². The first-order valence-electron chi connectivity index (χ1n) is 4.78. The van der Waals surface area contributed by atoms with E-state index in [1.807, 2.05) is 13.2 Å². The first-order chi connectivity index (χ1) is 7.47. The largest absolute Gasteiger partial charge is 0.383 e. The Bertz CT molecular complexity index is 429. The fourth-order valence-corrected chi connectivity index (χ4v) is 2.51. The van der Waals surface area contributed by atoms with Gasteiger partial charge in [0.05, 0.1) is 6.20 Å². The zero-order valence-corrected chi connectivity index (χ0v) is 10.9. The number of nitrogens with two attached hydrogens (primary N) is 1. The van der Waals surface area contributed by atoms with Crippen LogP contribution in [0.25, 0.3) is 0 Å². The lowest BCUT2D eigenvalue weighted by atomic mass is 10.3. The van der Waals surface area contributed by atoms with E-state index >= 15 is 0 Å². The summed E-state index contributed by atoms with van der Waals surface area (Å²) in [5.41, 5.74) is 5.44. The van der Waals surface area contributed by atoms with E-state index in [2.05, 4.69) is 14.9 Å². The Labute approximate surface area is 99.4 Å². The molecule has 1 aromatic rings. The van der Waals surface area contributed by atoms with Crippen LogP contribution in [0.15, 0.2) is 11.1 Å². The van der Waals surface area contributed by atoms with Gasteiger partial charge in [-0.2, -0.15) is 16.9 Å². The molecular formula is C8H16N4O2S2. The lowest BCUT2D eigenvalue weighted by Crippen LogP contribution is -2.26. The average Bonchev–Trinajstić information content (AvgIpc) is 2.64. The highest BCUT2D eigenvalue weighted by molar-refractivity contribution is 7.99. The molecule has 1 rings (SSSR count). The molecule has 1 unspecified atom stereocenters. The van der Waals surface area contributed by atoms with E-state index < -0.39 is 10.0 Å². The van der Waals surface area contributed by atoms with Gasteiger partial charge in [-0.1, -0.05) is 6.92 Å². The number of sulfonamides is 1. The highest BCUT2D eigenvalue weighted by atomic mass is 32.2. The summed E-state index contributed by atoms with van der Waals surface area (Å²) >= 11 is 1.70. The summed E-state index contributed by atoms with van der Waals surface area (Å²) < 4.78 is 25.9. The summed E-state index contributed by atoms with van der Waals surface area (Å²) in [6.45, 7) is 2.44. The quantitative estimate of drug-likeness (QED) is 0.691. The first-order valence-corrected chi connectivity index (χ1v) is 7.55. The van der Waals surface area contributed by atoms with Crippen molar-refractivity contribution in [1.29, 1.82) is 0 Å². The molecule has 6 nitrogen and oxygen atoms in total. The van der Waals surface area contributed by atoms with Gasteiger partial charge in [-0.3, -0.25) is 5.10 Å². The van der Waals surface area contributed by atoms with Crippen LogP contribution in [-0.4, -0.2) is 36.7 Å². The zero-order valence-electron chi connectivity index (χ0n) is 9.23. The van der Waals surface area contributed by atoms with Crippen molar-refractivity contribution in [3.8, 4) is 0 Å². The molecule has 0 aliphatic heterocycles. The van der Waals surface area contributed by atoms with Crippen LogP contribution in [0.1, 0.15) is 13.3 Å². The first kappa shape index (κ1) is 13.3. The van der Waals surface area contributed by atoms with Crippen molar-refractivity contribution in [2.24, 2.45) is 0 Å². The Morgan fingerprint density at radius 3 is 2.88 bits per heavy atom. The van der Waals surface area contributed by atoms with Crippen molar-refractivity contribution in [2.45, 2.75) is 23.5 Å². The van der Waals surface area contributed by atoms with Crippen LogP contribution in [-0.2, 0) is 10.0 Å². The third kappa shape index (κ3) is 3.39. The SMILES string of the molecule is CSC(C)CCNS(=O)(=O)c1cn[nH]c1N. The van der Waals surface area contributed by atoms with Gasteiger partial charge in [-0.15, -0.1) is 0 Å². The molecule has 0 bridgehead atoms. The second-order valence-corrected chi connectivity index (χ2v) is 6.39. The maximum Gasteiger partial charge on any atom is 0.245 e. The molecule has 92 valence electrons. The topological polar surface area (TPSA) is 101 Å². The van der Waals surface area contributed by atoms with Gasteiger partial charge in [0.15, 0.2) is 0 Å². The van der Waals surface area contributed by atoms with E-state index in [0.717, 1.165) is 6.42 Å². The van der Waals surface area contributed by atoms with E-state index in [1.165, 1.54) is 6.20 Å². The summed E-state index contributed by atoms with van der Waals surface area (Å²) in [4.78, 5) is 0.00399. The van der Waals surface area contributed by atoms with Crippen molar-refractivity contribution in [2.75, 3.05) is 18.5 Å². The van der Waals surface area contributed by atoms with Crippen molar-refractivity contribution in [1.82, 2.24) is 14.9 Å². The number of anilines is 1. The van der Waals surface area contributed by atoms with Crippen LogP contribution >= 0.6 is 11.8 Å². The second kappa shape index (κ2) is 5.55. The molecule has 0 aromatic carbocycles. The summed E-state index contributed by atoms with van der Waals surface area (Å²) in [6, 6.07) is 0. The fraction of sp³-hybridized carbons (Fsp3) is 0.625. The van der Waals surface area contributed by atoms with Crippen molar-refractivity contribution in [3.05, 3.63) is 6.20 Å². The molecular weight excluding hydrogens is 248 g/mol. The van der Waals surface area contributed by atoms with Gasteiger partial charge < -0.3 is 5.73 Å². The third-order valence-corrected chi connectivity index (χ3v) is 4.70. The van der Waals surface area contributed by atoms with Crippen molar-refractivity contribution >= 4 is 27.6 Å². The van der Waals surface area contributed by atoms with Gasteiger partial charge in [0.25, 0.3) is 0 Å². The van der Waals surface area contributed by atoms with Gasteiger partial charge in [-0.05, 0) is 12.7 Å². The van der Waals surface area contributed by atoms with Gasteiger partial charge >= 0.3 is 0 Å². The van der Waals surface area contributed by atoms with Crippen molar-refractivity contribution in [3.63, 3.8) is 0 Å². The lowest BCUT2D eigenvalue weighted by Gasteiger charge is -2.09. The standard InChI is InChI=1S/C8H16N4O2S2/c1-6(15-2)3-4-11-16(13,14)7-5-10-12-8(7)9/h5-6,11H,3-4H2,1-2H3,(H3,9,10,12). The number of thioether (sulfide) groups is 1. The Morgan fingerprint density at radius 2 is 2.38 bits per heavy atom. The molecule has 0 aliphatic carbocycles. The predicted octanol–water partition coefficient (Wildman–Crippen LogP) is 0.412. The van der Waals surface area contributed by atoms with Crippen LogP contribution in [0.5, 0.6) is 0 Å². The van der Waals surface area contributed by atoms with E-state index in [9.17, 15) is 8.42 Å². The molecule has 0 fully saturated rings. The number of nitrogens with one attached hydrogen (secondary N) is 2. The molecule has 1 heterocycles. The molecule has 16 heavy (non-hydrogen) atoms. The van der Waals surface area contributed by atoms with E-state index in [1.54, 1.807) is 11.8 Å². The molecule has 0 saturated carbocycles. The molecule has 0 amide bonds. The summed E-state index contributed by atoms with van der Waals surface area (Å²) in [7, 11) is -3.53. The smallest absolute Gasteiger partial charge is 0.245 e. The van der Waals surface area contributed by atoms with E-state index in [0.29, 0.717) is 11.8 Å². The molecule has 0 saturated heterocycles. The minimum absolute atomic E-state index is 0.00399. The molecule has 8 heteroatoms. The highest BCUT2D eigenvalue weighted by Crippen LogP contribution is 2.14. The van der Waals surface area contributed by atoms with Crippen LogP contribution in [0.3, 0.4) is 0 Å². The minimum Gasteiger partial charge on any atom is -0.383 e. The Hall–Kier alpha value is -0.730. The number of hydrogen-bond donors (Lipinski definition) is 3. The number of aromatic nitrogens is 2. The van der Waals surface area contributed by atoms with Gasteiger partial charge in [0, 0.05) is 11.8 Å². The third-order valence-electron chi connectivity index (χ3n) is 2.17. The molecule has 1 aromatic heterocycles. The zero-order chi connectivity index (χ0) is 12.2. The Balaban J connectivity index is 2.57. The van der Waals surface area contributed by atoms with Gasteiger partial charge in [-0.25, -0.2) is 13.1 Å². The molecule has 0 spiro atoms. The summed E-state index contributed by atoms with van der Waals surface area (Å²) in [5, 5.41) is 6.38. The minimum atomic E-state index is -3.53. The summed E-state index contributed by atoms with van der Waals surface area (Å²) in [5.74, 6) is 0.0606. The predicted molar refractivity (Wildman–Crippen MR) is 65.8 cm³/mol. The number of aromatic amines is 1. The Morgan fingerprint density at radius 1 is 1.69 bits per heavy atom. The van der Waals surface area contributed by atoms with Gasteiger partial charge in [0.1, 0.15) is 10.7 Å². The van der Waals surface area contributed by atoms with Crippen molar-refractivity contribution < 1.29 is 8.42 Å². The molecule has 0 radical (unpaired) electrons. The number of nitrogen functional groups attached to an aromatic ring is 1. The van der Waals surface area contributed by atoms with Crippen LogP contribution in [0.2, 0.25) is 0 Å². The lowest BCUT2D eigenvalue weighted by molar-refractivity contribution is 0.579. The second-order valence-electron chi connectivity index (χ2n) is 3.38. The maximum absolute atomic E-state index is 11.7. The summed E-state index contributed by atoms with van der Waals surface area (Å²) in [6.07, 6.45) is 3.97. The number of H-pyrrole nitrogens is 1. The molecule has 4 N–H and O–H groups in total. The highest BCUT2D eigenvalue weighted by Gasteiger charge is 2.18. The van der Waals surface area contributed by atoms with Crippen LogP contribution < -0.4 is 10.5 Å². The number of rotatable bonds is 6. The molecule has 0 aliphatic rings. The Kier molecular flexibility index (Phi) is 4.63. The average molecular weight is 264 g/mol. The monoisotopic (exact) mass is 264 g/mol. The van der Waals surface area contributed by atoms with Crippen LogP contribution in [0, 0.1) is 0 Å². The van der Waals surface area contributed by atoms with Gasteiger partial charge in [0.2, 0.25) is 10.0 Å². The fourth-order valence-electron chi connectivity index (χ4n) is 1.09. The normalized spacial score (nSPS) is 13.9. The molecule has 1 atom stereocenters. The number of hydrogen-bond acceptors (Lipinski definition) is 5. The maximum atomic E-state index is 11.7. The number of nitrogens with zero attached hydrogens (tertiary/aromatic N) is 1.